The molecule has 2 aliphatic heterocycles. The molecule has 116 valence electrons. The van der Waals surface area contributed by atoms with Crippen LogP contribution in [0.3, 0.4) is 0 Å². The van der Waals surface area contributed by atoms with E-state index in [0.29, 0.717) is 0 Å². The van der Waals surface area contributed by atoms with E-state index in [4.69, 9.17) is 0 Å². The van der Waals surface area contributed by atoms with Crippen LogP contribution in [0.15, 0.2) is 10.2 Å². The van der Waals surface area contributed by atoms with E-state index in [0.717, 1.165) is 0 Å². The van der Waals surface area contributed by atoms with Crippen molar-refractivity contribution in [2.45, 2.75) is 12.1 Å². The van der Waals surface area contributed by atoms with Gasteiger partial charge in [0, 0.05) is 36.0 Å². The van der Waals surface area contributed by atoms with E-state index in [1.54, 1.807) is 21.3 Å². The molecule has 0 aliphatic carbocycles. The summed E-state index contributed by atoms with van der Waals surface area (Å²) in [6.45, 7) is 0. The number of nitrogens with one attached hydrogen (secondary N) is 4. The Balaban J connectivity index is 0.00000220. The fraction of sp³-hybridized carbons (Fsp3) is 0.250. The van der Waals surface area contributed by atoms with Crippen LogP contribution < -0.4 is 21.3 Å². The minimum atomic E-state index is -1.70. The SMILES string of the molecule is O=C1NC(=O)C(N=NC2C(=O)NC(=O)NC2=O)C(=O)N1.[Ni].[Zn]. The number of hydrogen-bond donors (Lipinski definition) is 4. The van der Waals surface area contributed by atoms with Gasteiger partial charge in [-0.05, 0) is 0 Å². The maximum Gasteiger partial charge on any atom is 0.328 e. The van der Waals surface area contributed by atoms with E-state index < -0.39 is 47.8 Å². The number of urea groups is 2. The van der Waals surface area contributed by atoms with Gasteiger partial charge in [-0.25, -0.2) is 9.59 Å². The number of rotatable bonds is 2. The van der Waals surface area contributed by atoms with Crippen molar-refractivity contribution in [3.8, 4) is 0 Å². The Labute approximate surface area is 144 Å². The quantitative estimate of drug-likeness (QED) is 0.215. The third-order valence-electron chi connectivity index (χ3n) is 2.24. The van der Waals surface area contributed by atoms with Gasteiger partial charge in [-0.2, -0.15) is 10.2 Å². The van der Waals surface area contributed by atoms with Crippen molar-refractivity contribution < 1.29 is 64.7 Å². The van der Waals surface area contributed by atoms with E-state index in [1.165, 1.54) is 0 Å². The van der Waals surface area contributed by atoms with Crippen molar-refractivity contribution in [3.05, 3.63) is 0 Å². The van der Waals surface area contributed by atoms with Crippen LogP contribution in [0.2, 0.25) is 0 Å². The Hall–Kier alpha value is -2.06. The normalized spacial score (nSPS) is 19.6. The molecule has 22 heavy (non-hydrogen) atoms. The van der Waals surface area contributed by atoms with Crippen LogP contribution in [-0.2, 0) is 55.1 Å². The zero-order chi connectivity index (χ0) is 14.9. The molecule has 0 aromatic rings. The Morgan fingerprint density at radius 3 is 1.05 bits per heavy atom. The Bertz CT molecular complexity index is 504. The fourth-order valence-electron chi connectivity index (χ4n) is 1.36. The summed E-state index contributed by atoms with van der Waals surface area (Å²) in [5.74, 6) is -4.18. The van der Waals surface area contributed by atoms with E-state index in [9.17, 15) is 28.8 Å². The van der Waals surface area contributed by atoms with Crippen molar-refractivity contribution >= 4 is 35.7 Å². The molecule has 2 heterocycles. The molecule has 4 N–H and O–H groups in total. The zero-order valence-corrected chi connectivity index (χ0v) is 14.5. The maximum absolute atomic E-state index is 11.3. The molecule has 0 aromatic heterocycles. The third kappa shape index (κ3) is 4.22. The minimum absolute atomic E-state index is 0. The standard InChI is InChI=1S/C8H6N6O6.Ni.Zn/c15-3-1(4(16)10-7(19)9-3)13-14-2-5(17)11-8(20)12-6(2)18;;/h1-2H,(H2,9,10,15,16,19)(H2,11,12,17,18,20);;. The van der Waals surface area contributed by atoms with Gasteiger partial charge in [0.15, 0.2) is 0 Å². The summed E-state index contributed by atoms with van der Waals surface area (Å²) in [7, 11) is 0. The number of nitrogens with zero attached hydrogens (tertiary/aromatic N) is 2. The van der Waals surface area contributed by atoms with Crippen molar-refractivity contribution in [1.82, 2.24) is 21.3 Å². The molecule has 8 amide bonds. The van der Waals surface area contributed by atoms with E-state index >= 15 is 0 Å². The Kier molecular flexibility index (Phi) is 7.07. The first-order chi connectivity index (χ1) is 9.38. The monoisotopic (exact) mass is 404 g/mol. The van der Waals surface area contributed by atoms with Gasteiger partial charge in [-0.1, -0.05) is 0 Å². The van der Waals surface area contributed by atoms with Gasteiger partial charge < -0.3 is 0 Å². The summed E-state index contributed by atoms with van der Waals surface area (Å²) >= 11 is 0. The average molecular weight is 406 g/mol. The molecule has 0 atom stereocenters. The zero-order valence-electron chi connectivity index (χ0n) is 10.5. The maximum atomic E-state index is 11.3. The second-order valence-corrected chi connectivity index (χ2v) is 3.65. The first kappa shape index (κ1) is 19.9. The molecule has 2 saturated heterocycles. The predicted octanol–water partition coefficient (Wildman–Crippen LogP) is -3.10. The van der Waals surface area contributed by atoms with Gasteiger partial charge in [-0.15, -0.1) is 0 Å². The first-order valence-electron chi connectivity index (χ1n) is 5.10. The van der Waals surface area contributed by atoms with E-state index in [-0.39, 0.29) is 36.0 Å². The molecular weight excluding hydrogens is 400 g/mol. The summed E-state index contributed by atoms with van der Waals surface area (Å²) < 4.78 is 0. The minimum Gasteiger partial charge on any atom is -0.275 e. The number of carbonyl (C=O) groups excluding carboxylic acids is 6. The van der Waals surface area contributed by atoms with Crippen molar-refractivity contribution in [2.24, 2.45) is 10.2 Å². The molecule has 0 aromatic carbocycles. The van der Waals surface area contributed by atoms with E-state index in [2.05, 4.69) is 10.2 Å². The van der Waals surface area contributed by atoms with Crippen LogP contribution in [0, 0.1) is 0 Å². The summed E-state index contributed by atoms with van der Waals surface area (Å²) in [5, 5.41) is 13.5. The number of barbiturate groups is 2. The molecule has 0 spiro atoms. The van der Waals surface area contributed by atoms with Crippen LogP contribution in [0.25, 0.3) is 0 Å². The number of azo groups is 1. The smallest absolute Gasteiger partial charge is 0.275 e. The fourth-order valence-corrected chi connectivity index (χ4v) is 1.36. The van der Waals surface area contributed by atoms with Crippen LogP contribution in [-0.4, -0.2) is 47.8 Å². The number of amides is 8. The van der Waals surface area contributed by atoms with Gasteiger partial charge in [0.2, 0.25) is 12.1 Å². The van der Waals surface area contributed by atoms with Crippen LogP contribution in [0.1, 0.15) is 0 Å². The number of carbonyl (C=O) groups is 6. The largest absolute Gasteiger partial charge is 0.328 e. The third-order valence-corrected chi connectivity index (χ3v) is 2.24. The van der Waals surface area contributed by atoms with Gasteiger partial charge in [0.25, 0.3) is 23.6 Å². The Morgan fingerprint density at radius 1 is 0.591 bits per heavy atom. The second-order valence-electron chi connectivity index (χ2n) is 3.65. The number of hydrogen-bond acceptors (Lipinski definition) is 8. The second kappa shape index (κ2) is 7.81. The topological polar surface area (TPSA) is 175 Å². The number of imide groups is 4. The Morgan fingerprint density at radius 2 is 0.818 bits per heavy atom. The summed E-state index contributed by atoms with van der Waals surface area (Å²) in [5.41, 5.74) is 0. The van der Waals surface area contributed by atoms with Gasteiger partial charge in [0.1, 0.15) is 0 Å². The summed E-state index contributed by atoms with van der Waals surface area (Å²) in [6.07, 6.45) is 0. The van der Waals surface area contributed by atoms with Crippen molar-refractivity contribution in [2.75, 3.05) is 0 Å². The molecule has 2 fully saturated rings. The predicted molar refractivity (Wildman–Crippen MR) is 55.8 cm³/mol. The van der Waals surface area contributed by atoms with Crippen molar-refractivity contribution in [1.29, 1.82) is 0 Å². The summed E-state index contributed by atoms with van der Waals surface area (Å²) in [6, 6.07) is -5.42. The molecule has 0 unspecified atom stereocenters. The molecule has 14 heteroatoms. The van der Waals surface area contributed by atoms with Gasteiger partial charge in [-0.3, -0.25) is 40.4 Å². The molecule has 12 nitrogen and oxygen atoms in total. The summed E-state index contributed by atoms with van der Waals surface area (Å²) in [4.78, 5) is 66.8. The molecule has 0 radical (unpaired) electrons. The van der Waals surface area contributed by atoms with Crippen LogP contribution >= 0.6 is 0 Å². The molecule has 0 bridgehead atoms. The first-order valence-corrected chi connectivity index (χ1v) is 5.10. The molecule has 0 saturated carbocycles. The van der Waals surface area contributed by atoms with Gasteiger partial charge >= 0.3 is 12.1 Å². The molecule has 2 aliphatic rings. The van der Waals surface area contributed by atoms with Crippen LogP contribution in [0.5, 0.6) is 0 Å². The van der Waals surface area contributed by atoms with Gasteiger partial charge in [0.05, 0.1) is 0 Å². The van der Waals surface area contributed by atoms with E-state index in [1.807, 2.05) is 0 Å². The van der Waals surface area contributed by atoms with Crippen molar-refractivity contribution in [3.63, 3.8) is 0 Å². The van der Waals surface area contributed by atoms with Crippen LogP contribution in [0.4, 0.5) is 9.59 Å². The molecular formula is C8H6N6NiO6Zn. The molecule has 2 rings (SSSR count). The average Bonchev–Trinajstić information content (AvgIpc) is 2.30.